The van der Waals surface area contributed by atoms with Crippen LogP contribution in [0.3, 0.4) is 0 Å². The van der Waals surface area contributed by atoms with E-state index in [-0.39, 0.29) is 0 Å². The Hall–Kier alpha value is -0.770. The van der Waals surface area contributed by atoms with E-state index >= 15 is 0 Å². The predicted octanol–water partition coefficient (Wildman–Crippen LogP) is 2.99. The number of hydrogen-bond donors (Lipinski definition) is 1. The lowest BCUT2D eigenvalue weighted by molar-refractivity contribution is 0.234. The van der Waals surface area contributed by atoms with Crippen LogP contribution in [0.4, 0.5) is 5.69 Å². The van der Waals surface area contributed by atoms with E-state index in [1.54, 1.807) is 0 Å². The molecule has 0 aromatic heterocycles. The van der Waals surface area contributed by atoms with Gasteiger partial charge in [-0.15, -0.1) is 0 Å². The van der Waals surface area contributed by atoms with Crippen molar-refractivity contribution in [1.29, 1.82) is 0 Å². The van der Waals surface area contributed by atoms with Gasteiger partial charge in [0.2, 0.25) is 0 Å². The zero-order chi connectivity index (χ0) is 14.5. The maximum absolute atomic E-state index is 5.96. The van der Waals surface area contributed by atoms with Gasteiger partial charge < -0.3 is 10.2 Å². The molecule has 0 amide bonds. The third-order valence-corrected chi connectivity index (χ3v) is 5.02. The molecular weight excluding hydrogens is 282 g/mol. The molecule has 0 aliphatic carbocycles. The molecule has 0 saturated carbocycles. The van der Waals surface area contributed by atoms with Crippen molar-refractivity contribution in [3.05, 3.63) is 29.3 Å². The van der Waals surface area contributed by atoms with Crippen LogP contribution in [-0.2, 0) is 0 Å². The number of piperidine rings is 1. The molecule has 2 saturated heterocycles. The zero-order valence-electron chi connectivity index (χ0n) is 12.7. The van der Waals surface area contributed by atoms with Crippen LogP contribution in [0.25, 0.3) is 0 Å². The van der Waals surface area contributed by atoms with Crippen LogP contribution in [0.1, 0.15) is 25.7 Å². The van der Waals surface area contributed by atoms with Crippen molar-refractivity contribution in [3.8, 4) is 0 Å². The van der Waals surface area contributed by atoms with Gasteiger partial charge in [0.25, 0.3) is 0 Å². The molecule has 2 fully saturated rings. The van der Waals surface area contributed by atoms with Crippen LogP contribution < -0.4 is 10.2 Å². The lowest BCUT2D eigenvalue weighted by atomic mass is 10.0. The van der Waals surface area contributed by atoms with Gasteiger partial charge in [-0.1, -0.05) is 18.0 Å². The second-order valence-corrected chi connectivity index (χ2v) is 6.68. The molecule has 3 rings (SSSR count). The molecule has 4 heteroatoms. The van der Waals surface area contributed by atoms with E-state index in [0.717, 1.165) is 24.2 Å². The van der Waals surface area contributed by atoms with Crippen molar-refractivity contribution in [3.63, 3.8) is 0 Å². The Balaban J connectivity index is 1.41. The van der Waals surface area contributed by atoms with E-state index in [0.29, 0.717) is 0 Å². The number of nitrogens with one attached hydrogen (secondary N) is 1. The first-order valence-electron chi connectivity index (χ1n) is 8.27. The Morgan fingerprint density at radius 3 is 2.48 bits per heavy atom. The van der Waals surface area contributed by atoms with Crippen LogP contribution >= 0.6 is 11.6 Å². The van der Waals surface area contributed by atoms with Gasteiger partial charge >= 0.3 is 0 Å². The molecule has 0 spiro atoms. The fourth-order valence-corrected chi connectivity index (χ4v) is 3.52. The van der Waals surface area contributed by atoms with E-state index in [1.807, 2.05) is 12.1 Å². The van der Waals surface area contributed by atoms with Gasteiger partial charge in [-0.2, -0.15) is 0 Å². The molecule has 1 aromatic carbocycles. The highest BCUT2D eigenvalue weighted by Crippen LogP contribution is 2.19. The number of nitrogens with zero attached hydrogens (tertiary/aromatic N) is 2. The highest BCUT2D eigenvalue weighted by molar-refractivity contribution is 6.30. The monoisotopic (exact) mass is 307 g/mol. The molecule has 116 valence electrons. The van der Waals surface area contributed by atoms with Crippen molar-refractivity contribution >= 4 is 17.3 Å². The highest BCUT2D eigenvalue weighted by Gasteiger charge is 2.19. The molecule has 3 nitrogen and oxygen atoms in total. The average molecular weight is 308 g/mol. The number of halogens is 1. The first kappa shape index (κ1) is 15.1. The van der Waals surface area contributed by atoms with Gasteiger partial charge in [0.1, 0.15) is 0 Å². The van der Waals surface area contributed by atoms with Crippen LogP contribution in [0.15, 0.2) is 24.3 Å². The standard InChI is InChI=1S/C17H26ClN3/c18-15-4-6-17(7-5-15)21-13-11-20(12-14-21)10-8-16-3-1-2-9-19-16/h4-7,16,19H,1-3,8-14H2. The number of piperazine rings is 1. The molecule has 0 radical (unpaired) electrons. The number of rotatable bonds is 4. The summed E-state index contributed by atoms with van der Waals surface area (Å²) in [6, 6.07) is 8.98. The lowest BCUT2D eigenvalue weighted by Gasteiger charge is -2.37. The smallest absolute Gasteiger partial charge is 0.0407 e. The lowest BCUT2D eigenvalue weighted by Crippen LogP contribution is -2.47. The molecule has 2 aliphatic rings. The summed E-state index contributed by atoms with van der Waals surface area (Å²) in [6.45, 7) is 7.06. The van der Waals surface area contributed by atoms with Crippen LogP contribution in [-0.4, -0.2) is 50.2 Å². The van der Waals surface area contributed by atoms with E-state index in [1.165, 1.54) is 57.5 Å². The second kappa shape index (κ2) is 7.48. The predicted molar refractivity (Wildman–Crippen MR) is 90.4 cm³/mol. The molecule has 21 heavy (non-hydrogen) atoms. The molecule has 1 unspecified atom stereocenters. The van der Waals surface area contributed by atoms with Gasteiger partial charge in [-0.25, -0.2) is 0 Å². The summed E-state index contributed by atoms with van der Waals surface area (Å²) in [5.41, 5.74) is 1.30. The van der Waals surface area contributed by atoms with Gasteiger partial charge in [-0.3, -0.25) is 4.90 Å². The fraction of sp³-hybridized carbons (Fsp3) is 0.647. The SMILES string of the molecule is Clc1ccc(N2CCN(CCC3CCCCN3)CC2)cc1. The van der Waals surface area contributed by atoms with Crippen molar-refractivity contribution < 1.29 is 0 Å². The van der Waals surface area contributed by atoms with Gasteiger partial charge in [0, 0.05) is 42.9 Å². The first-order valence-corrected chi connectivity index (χ1v) is 8.65. The van der Waals surface area contributed by atoms with Crippen molar-refractivity contribution in [2.24, 2.45) is 0 Å². The number of benzene rings is 1. The van der Waals surface area contributed by atoms with Crippen molar-refractivity contribution in [2.45, 2.75) is 31.7 Å². The summed E-state index contributed by atoms with van der Waals surface area (Å²) < 4.78 is 0. The molecule has 0 bridgehead atoms. The van der Waals surface area contributed by atoms with Crippen LogP contribution in [0, 0.1) is 0 Å². The topological polar surface area (TPSA) is 18.5 Å². The van der Waals surface area contributed by atoms with Gasteiger partial charge in [0.15, 0.2) is 0 Å². The average Bonchev–Trinajstić information content (AvgIpc) is 2.55. The van der Waals surface area contributed by atoms with E-state index in [2.05, 4.69) is 27.2 Å². The van der Waals surface area contributed by atoms with E-state index in [4.69, 9.17) is 11.6 Å². The summed E-state index contributed by atoms with van der Waals surface area (Å²) in [5.74, 6) is 0. The summed E-state index contributed by atoms with van der Waals surface area (Å²) in [5, 5.41) is 4.47. The number of anilines is 1. The normalized spacial score (nSPS) is 24.2. The Bertz CT molecular complexity index is 420. The third-order valence-electron chi connectivity index (χ3n) is 4.77. The largest absolute Gasteiger partial charge is 0.369 e. The Kier molecular flexibility index (Phi) is 5.39. The zero-order valence-corrected chi connectivity index (χ0v) is 13.5. The maximum atomic E-state index is 5.96. The summed E-state index contributed by atoms with van der Waals surface area (Å²) in [7, 11) is 0. The molecular formula is C17H26ClN3. The minimum atomic E-state index is 0.757. The van der Waals surface area contributed by atoms with Crippen LogP contribution in [0.2, 0.25) is 5.02 Å². The first-order chi connectivity index (χ1) is 10.3. The summed E-state index contributed by atoms with van der Waals surface area (Å²) >= 11 is 5.96. The summed E-state index contributed by atoms with van der Waals surface area (Å²) in [4.78, 5) is 5.08. The van der Waals surface area contributed by atoms with E-state index < -0.39 is 0 Å². The number of hydrogen-bond acceptors (Lipinski definition) is 3. The Labute approximate surface area is 133 Å². The van der Waals surface area contributed by atoms with E-state index in [9.17, 15) is 0 Å². The maximum Gasteiger partial charge on any atom is 0.0407 e. The Morgan fingerprint density at radius 1 is 1.05 bits per heavy atom. The van der Waals surface area contributed by atoms with Gasteiger partial charge in [-0.05, 0) is 56.6 Å². The third kappa shape index (κ3) is 4.35. The quantitative estimate of drug-likeness (QED) is 0.922. The highest BCUT2D eigenvalue weighted by atomic mass is 35.5. The molecule has 1 atom stereocenters. The second-order valence-electron chi connectivity index (χ2n) is 6.24. The minimum Gasteiger partial charge on any atom is -0.369 e. The molecule has 2 aliphatic heterocycles. The van der Waals surface area contributed by atoms with Gasteiger partial charge in [0.05, 0.1) is 0 Å². The van der Waals surface area contributed by atoms with Crippen molar-refractivity contribution in [1.82, 2.24) is 10.2 Å². The summed E-state index contributed by atoms with van der Waals surface area (Å²) in [6.07, 6.45) is 5.43. The van der Waals surface area contributed by atoms with Crippen molar-refractivity contribution in [2.75, 3.05) is 44.2 Å². The molecule has 1 N–H and O–H groups in total. The molecule has 2 heterocycles. The Morgan fingerprint density at radius 2 is 1.81 bits per heavy atom. The fourth-order valence-electron chi connectivity index (χ4n) is 3.39. The molecule has 1 aromatic rings. The minimum absolute atomic E-state index is 0.757. The van der Waals surface area contributed by atoms with Crippen LogP contribution in [0.5, 0.6) is 0 Å².